The van der Waals surface area contributed by atoms with E-state index >= 15 is 0 Å². The SMILES string of the molecule is COc1ccc(N(CCCN)C(=O)C2CC2C)cc1. The summed E-state index contributed by atoms with van der Waals surface area (Å²) >= 11 is 0. The van der Waals surface area contributed by atoms with Crippen LogP contribution < -0.4 is 15.4 Å². The highest BCUT2D eigenvalue weighted by atomic mass is 16.5. The lowest BCUT2D eigenvalue weighted by Crippen LogP contribution is -2.34. The molecule has 1 aliphatic carbocycles. The van der Waals surface area contributed by atoms with E-state index in [9.17, 15) is 4.79 Å². The van der Waals surface area contributed by atoms with Crippen LogP contribution in [0.5, 0.6) is 5.75 Å². The zero-order valence-electron chi connectivity index (χ0n) is 11.6. The molecular weight excluding hydrogens is 240 g/mol. The van der Waals surface area contributed by atoms with Crippen LogP contribution in [0.2, 0.25) is 0 Å². The third-order valence-corrected chi connectivity index (χ3v) is 3.66. The van der Waals surface area contributed by atoms with Gasteiger partial charge in [0.25, 0.3) is 0 Å². The highest BCUT2D eigenvalue weighted by molar-refractivity contribution is 5.96. The van der Waals surface area contributed by atoms with Gasteiger partial charge in [0.2, 0.25) is 5.91 Å². The summed E-state index contributed by atoms with van der Waals surface area (Å²) in [5.74, 6) is 1.74. The molecule has 0 aromatic heterocycles. The third-order valence-electron chi connectivity index (χ3n) is 3.66. The smallest absolute Gasteiger partial charge is 0.230 e. The number of amides is 1. The van der Waals surface area contributed by atoms with Crippen LogP contribution in [0.1, 0.15) is 19.8 Å². The van der Waals surface area contributed by atoms with E-state index in [1.54, 1.807) is 7.11 Å². The van der Waals surface area contributed by atoms with Gasteiger partial charge in [0.05, 0.1) is 7.11 Å². The second kappa shape index (κ2) is 6.06. The van der Waals surface area contributed by atoms with Crippen molar-refractivity contribution in [3.05, 3.63) is 24.3 Å². The maximum Gasteiger partial charge on any atom is 0.230 e. The molecule has 1 aromatic rings. The first-order valence-corrected chi connectivity index (χ1v) is 6.83. The van der Waals surface area contributed by atoms with Gasteiger partial charge in [-0.2, -0.15) is 0 Å². The Morgan fingerprint density at radius 2 is 2.05 bits per heavy atom. The molecule has 1 amide bonds. The summed E-state index contributed by atoms with van der Waals surface area (Å²) in [7, 11) is 1.64. The van der Waals surface area contributed by atoms with Gasteiger partial charge in [-0.15, -0.1) is 0 Å². The predicted molar refractivity (Wildman–Crippen MR) is 76.3 cm³/mol. The van der Waals surface area contributed by atoms with Crippen LogP contribution in [0, 0.1) is 11.8 Å². The van der Waals surface area contributed by atoms with Gasteiger partial charge < -0.3 is 15.4 Å². The molecule has 0 aliphatic heterocycles. The van der Waals surface area contributed by atoms with Crippen LogP contribution in [-0.2, 0) is 4.79 Å². The second-order valence-electron chi connectivity index (χ2n) is 5.15. The van der Waals surface area contributed by atoms with Crippen LogP contribution in [0.25, 0.3) is 0 Å². The summed E-state index contributed by atoms with van der Waals surface area (Å²) in [4.78, 5) is 14.3. The maximum atomic E-state index is 12.4. The van der Waals surface area contributed by atoms with Gasteiger partial charge in [-0.1, -0.05) is 6.92 Å². The number of anilines is 1. The van der Waals surface area contributed by atoms with E-state index in [0.29, 0.717) is 19.0 Å². The van der Waals surface area contributed by atoms with Crippen molar-refractivity contribution in [1.82, 2.24) is 0 Å². The molecule has 1 aliphatic rings. The van der Waals surface area contributed by atoms with Crippen molar-refractivity contribution >= 4 is 11.6 Å². The van der Waals surface area contributed by atoms with Gasteiger partial charge in [0.15, 0.2) is 0 Å². The van der Waals surface area contributed by atoms with E-state index in [-0.39, 0.29) is 11.8 Å². The molecule has 1 saturated carbocycles. The van der Waals surface area contributed by atoms with Crippen molar-refractivity contribution in [2.75, 3.05) is 25.1 Å². The minimum Gasteiger partial charge on any atom is -0.497 e. The predicted octanol–water partition coefficient (Wildman–Crippen LogP) is 2.03. The molecule has 0 saturated heterocycles. The van der Waals surface area contributed by atoms with Crippen molar-refractivity contribution in [2.24, 2.45) is 17.6 Å². The first-order valence-electron chi connectivity index (χ1n) is 6.83. The lowest BCUT2D eigenvalue weighted by molar-refractivity contribution is -0.120. The van der Waals surface area contributed by atoms with E-state index < -0.39 is 0 Å². The average molecular weight is 262 g/mol. The molecule has 2 unspecified atom stereocenters. The Morgan fingerprint density at radius 1 is 1.42 bits per heavy atom. The Labute approximate surface area is 114 Å². The fraction of sp³-hybridized carbons (Fsp3) is 0.533. The quantitative estimate of drug-likeness (QED) is 0.853. The number of carbonyl (C=O) groups excluding carboxylic acids is 1. The Bertz CT molecular complexity index is 430. The van der Waals surface area contributed by atoms with Gasteiger partial charge in [0, 0.05) is 18.2 Å². The summed E-state index contributed by atoms with van der Waals surface area (Å²) in [5.41, 5.74) is 6.49. The van der Waals surface area contributed by atoms with Crippen LogP contribution in [0.4, 0.5) is 5.69 Å². The molecule has 19 heavy (non-hydrogen) atoms. The van der Waals surface area contributed by atoms with E-state index in [1.165, 1.54) is 0 Å². The number of benzene rings is 1. The first-order chi connectivity index (χ1) is 9.17. The number of hydrogen-bond acceptors (Lipinski definition) is 3. The molecule has 4 nitrogen and oxygen atoms in total. The van der Waals surface area contributed by atoms with E-state index in [1.807, 2.05) is 29.2 Å². The molecule has 2 atom stereocenters. The monoisotopic (exact) mass is 262 g/mol. The lowest BCUT2D eigenvalue weighted by Gasteiger charge is -2.23. The fourth-order valence-corrected chi connectivity index (χ4v) is 2.24. The van der Waals surface area contributed by atoms with Gasteiger partial charge in [-0.25, -0.2) is 0 Å². The van der Waals surface area contributed by atoms with E-state index in [4.69, 9.17) is 10.5 Å². The molecule has 0 bridgehead atoms. The Hall–Kier alpha value is -1.55. The minimum atomic E-state index is 0.194. The fourth-order valence-electron chi connectivity index (χ4n) is 2.24. The van der Waals surface area contributed by atoms with Crippen molar-refractivity contribution in [1.29, 1.82) is 0 Å². The zero-order valence-corrected chi connectivity index (χ0v) is 11.6. The van der Waals surface area contributed by atoms with Gasteiger partial charge in [-0.05, 0) is 49.6 Å². The van der Waals surface area contributed by atoms with Crippen LogP contribution in [0.3, 0.4) is 0 Å². The molecule has 0 spiro atoms. The number of ether oxygens (including phenoxy) is 1. The summed E-state index contributed by atoms with van der Waals surface area (Å²) in [5, 5.41) is 0. The number of carbonyl (C=O) groups is 1. The van der Waals surface area contributed by atoms with Crippen molar-refractivity contribution < 1.29 is 9.53 Å². The van der Waals surface area contributed by atoms with Crippen LogP contribution in [0.15, 0.2) is 24.3 Å². The van der Waals surface area contributed by atoms with Crippen LogP contribution >= 0.6 is 0 Å². The standard InChI is InChI=1S/C15H22N2O2/c1-11-10-14(11)15(18)17(9-3-8-16)12-4-6-13(19-2)7-5-12/h4-7,11,14H,3,8-10,16H2,1-2H3. The first kappa shape index (κ1) is 13.9. The second-order valence-corrected chi connectivity index (χ2v) is 5.15. The molecule has 2 N–H and O–H groups in total. The minimum absolute atomic E-state index is 0.194. The summed E-state index contributed by atoms with van der Waals surface area (Å²) < 4.78 is 5.14. The zero-order chi connectivity index (χ0) is 13.8. The van der Waals surface area contributed by atoms with Crippen LogP contribution in [-0.4, -0.2) is 26.1 Å². The number of hydrogen-bond donors (Lipinski definition) is 1. The maximum absolute atomic E-state index is 12.4. The average Bonchev–Trinajstić information content (AvgIpc) is 3.17. The molecule has 104 valence electrons. The van der Waals surface area contributed by atoms with Crippen molar-refractivity contribution in [2.45, 2.75) is 19.8 Å². The lowest BCUT2D eigenvalue weighted by atomic mass is 10.2. The molecule has 4 heteroatoms. The van der Waals surface area contributed by atoms with Gasteiger partial charge >= 0.3 is 0 Å². The Kier molecular flexibility index (Phi) is 4.43. The summed E-state index contributed by atoms with van der Waals surface area (Å²) in [6.07, 6.45) is 1.83. The molecular formula is C15H22N2O2. The Morgan fingerprint density at radius 3 is 2.53 bits per heavy atom. The topological polar surface area (TPSA) is 55.6 Å². The van der Waals surface area contributed by atoms with E-state index in [2.05, 4.69) is 6.92 Å². The number of nitrogens with two attached hydrogens (primary N) is 1. The molecule has 1 fully saturated rings. The molecule has 0 radical (unpaired) electrons. The third kappa shape index (κ3) is 3.26. The summed E-state index contributed by atoms with van der Waals surface area (Å²) in [6, 6.07) is 7.63. The van der Waals surface area contributed by atoms with Crippen molar-refractivity contribution in [3.63, 3.8) is 0 Å². The van der Waals surface area contributed by atoms with Gasteiger partial charge in [0.1, 0.15) is 5.75 Å². The largest absolute Gasteiger partial charge is 0.497 e. The normalized spacial score (nSPS) is 21.0. The summed E-state index contributed by atoms with van der Waals surface area (Å²) in [6.45, 7) is 3.41. The number of nitrogens with zero attached hydrogens (tertiary/aromatic N) is 1. The Balaban J connectivity index is 2.13. The molecule has 1 aromatic carbocycles. The highest BCUT2D eigenvalue weighted by Gasteiger charge is 2.41. The van der Waals surface area contributed by atoms with Crippen molar-refractivity contribution in [3.8, 4) is 5.75 Å². The highest BCUT2D eigenvalue weighted by Crippen LogP contribution is 2.40. The molecule has 2 rings (SSSR count). The van der Waals surface area contributed by atoms with E-state index in [0.717, 1.165) is 24.3 Å². The molecule has 0 heterocycles. The van der Waals surface area contributed by atoms with Gasteiger partial charge in [-0.3, -0.25) is 4.79 Å². The number of methoxy groups -OCH3 is 1. The number of rotatable bonds is 6.